The highest BCUT2D eigenvalue weighted by Crippen LogP contribution is 2.17. The van der Waals surface area contributed by atoms with Gasteiger partial charge >= 0.3 is 5.97 Å². The number of para-hydroxylation sites is 1. The van der Waals surface area contributed by atoms with Crippen molar-refractivity contribution in [2.75, 3.05) is 20.3 Å². The Labute approximate surface area is 120 Å². The molecule has 1 rings (SSSR count). The van der Waals surface area contributed by atoms with Crippen LogP contribution >= 0.6 is 15.9 Å². The van der Waals surface area contributed by atoms with E-state index in [1.54, 1.807) is 24.3 Å². The highest BCUT2D eigenvalue weighted by atomic mass is 79.9. The zero-order chi connectivity index (χ0) is 14.3. The molecule has 0 aliphatic carbocycles. The van der Waals surface area contributed by atoms with E-state index in [0.717, 1.165) is 0 Å². The second-order valence-corrected chi connectivity index (χ2v) is 4.74. The van der Waals surface area contributed by atoms with Gasteiger partial charge in [-0.2, -0.15) is 0 Å². The Kier molecular flexibility index (Phi) is 6.35. The normalized spacial score (nSPS) is 11.5. The van der Waals surface area contributed by atoms with Gasteiger partial charge in [-0.05, 0) is 19.1 Å². The number of ether oxygens (including phenoxy) is 2. The number of amides is 1. The molecule has 1 aromatic rings. The molecule has 0 radical (unpaired) electrons. The Morgan fingerprint density at radius 2 is 2.05 bits per heavy atom. The Hall–Kier alpha value is -1.56. The number of esters is 1. The van der Waals surface area contributed by atoms with Gasteiger partial charge in [0.15, 0.2) is 0 Å². The number of carbonyl (C=O) groups is 2. The highest BCUT2D eigenvalue weighted by Gasteiger charge is 2.18. The van der Waals surface area contributed by atoms with Crippen LogP contribution in [0.5, 0.6) is 5.75 Å². The van der Waals surface area contributed by atoms with Crippen molar-refractivity contribution in [3.8, 4) is 5.75 Å². The maximum absolute atomic E-state index is 12.0. The van der Waals surface area contributed by atoms with E-state index in [-0.39, 0.29) is 12.5 Å². The van der Waals surface area contributed by atoms with E-state index in [9.17, 15) is 9.59 Å². The fourth-order valence-electron chi connectivity index (χ4n) is 1.42. The summed E-state index contributed by atoms with van der Waals surface area (Å²) in [6.07, 6.45) is 0. The predicted molar refractivity (Wildman–Crippen MR) is 74.7 cm³/mol. The average molecular weight is 330 g/mol. The maximum Gasteiger partial charge on any atom is 0.321 e. The minimum absolute atomic E-state index is 0.145. The zero-order valence-electron chi connectivity index (χ0n) is 10.8. The van der Waals surface area contributed by atoms with Crippen LogP contribution in [0.4, 0.5) is 0 Å². The van der Waals surface area contributed by atoms with Crippen LogP contribution in [0, 0.1) is 0 Å². The Morgan fingerprint density at radius 1 is 1.37 bits per heavy atom. The zero-order valence-corrected chi connectivity index (χ0v) is 12.4. The largest absolute Gasteiger partial charge is 0.493 e. The molecule has 0 saturated carbocycles. The average Bonchev–Trinajstić information content (AvgIpc) is 2.44. The first-order valence-electron chi connectivity index (χ1n) is 5.82. The molecule has 104 valence electrons. The molecule has 0 aliphatic rings. The second kappa shape index (κ2) is 7.78. The van der Waals surface area contributed by atoms with Crippen molar-refractivity contribution in [1.82, 2.24) is 5.32 Å². The topological polar surface area (TPSA) is 64.6 Å². The van der Waals surface area contributed by atoms with Gasteiger partial charge in [-0.15, -0.1) is 0 Å². The molecule has 1 atom stereocenters. The summed E-state index contributed by atoms with van der Waals surface area (Å²) in [5.41, 5.74) is 0.439. The number of hydrogen-bond acceptors (Lipinski definition) is 4. The van der Waals surface area contributed by atoms with Crippen LogP contribution in [0.3, 0.4) is 0 Å². The van der Waals surface area contributed by atoms with Crippen molar-refractivity contribution < 1.29 is 19.1 Å². The third-order valence-electron chi connectivity index (χ3n) is 2.33. The molecule has 0 bridgehead atoms. The number of rotatable bonds is 6. The molecule has 0 aromatic heterocycles. The molecule has 1 aromatic carbocycles. The van der Waals surface area contributed by atoms with E-state index >= 15 is 0 Å². The lowest BCUT2D eigenvalue weighted by molar-refractivity contribution is -0.139. The molecule has 1 N–H and O–H groups in total. The Bertz CT molecular complexity index is 450. The van der Waals surface area contributed by atoms with Crippen molar-refractivity contribution in [2.24, 2.45) is 0 Å². The van der Waals surface area contributed by atoms with Gasteiger partial charge in [0, 0.05) is 6.54 Å². The second-order valence-electron chi connectivity index (χ2n) is 3.63. The summed E-state index contributed by atoms with van der Waals surface area (Å²) in [6, 6.07) is 6.94. The first kappa shape index (κ1) is 15.5. The molecule has 0 aliphatic heterocycles. The van der Waals surface area contributed by atoms with Gasteiger partial charge in [-0.25, -0.2) is 0 Å². The van der Waals surface area contributed by atoms with Crippen LogP contribution in [0.15, 0.2) is 24.3 Å². The van der Waals surface area contributed by atoms with Crippen LogP contribution in [0.2, 0.25) is 0 Å². The first-order valence-corrected chi connectivity index (χ1v) is 6.73. The number of nitrogens with one attached hydrogen (secondary N) is 1. The van der Waals surface area contributed by atoms with E-state index in [2.05, 4.69) is 26.0 Å². The molecular formula is C13H16BrNO4. The molecule has 6 heteroatoms. The molecule has 19 heavy (non-hydrogen) atoms. The van der Waals surface area contributed by atoms with Crippen LogP contribution in [0.1, 0.15) is 17.3 Å². The number of alkyl halides is 1. The summed E-state index contributed by atoms with van der Waals surface area (Å²) in [6.45, 7) is 2.47. The van der Waals surface area contributed by atoms with Gasteiger partial charge in [-0.1, -0.05) is 28.1 Å². The smallest absolute Gasteiger partial charge is 0.321 e. The third-order valence-corrected chi connectivity index (χ3v) is 3.03. The lowest BCUT2D eigenvalue weighted by atomic mass is 10.2. The quantitative estimate of drug-likeness (QED) is 0.638. The van der Waals surface area contributed by atoms with E-state index < -0.39 is 10.8 Å². The molecule has 0 saturated heterocycles. The Balaban J connectivity index is 2.65. The summed E-state index contributed by atoms with van der Waals surface area (Å²) in [4.78, 5) is 22.6. The Morgan fingerprint density at radius 3 is 2.68 bits per heavy atom. The standard InChI is InChI=1S/C13H16BrNO4/c1-3-19-11-7-5-4-6-9(11)12(16)15-8-10(14)13(17)18-2/h4-7,10H,3,8H2,1-2H3,(H,15,16). The maximum atomic E-state index is 12.0. The first-order chi connectivity index (χ1) is 9.10. The fraction of sp³-hybridized carbons (Fsp3) is 0.385. The molecule has 0 spiro atoms. The molecule has 0 fully saturated rings. The minimum atomic E-state index is -0.569. The van der Waals surface area contributed by atoms with E-state index in [1.165, 1.54) is 7.11 Å². The van der Waals surface area contributed by atoms with Crippen LogP contribution in [-0.2, 0) is 9.53 Å². The van der Waals surface area contributed by atoms with E-state index in [0.29, 0.717) is 17.9 Å². The van der Waals surface area contributed by atoms with Gasteiger partial charge in [0.25, 0.3) is 5.91 Å². The molecular weight excluding hydrogens is 314 g/mol. The van der Waals surface area contributed by atoms with E-state index in [1.807, 2.05) is 6.92 Å². The summed E-state index contributed by atoms with van der Waals surface area (Å²) in [5.74, 6) is -0.206. The van der Waals surface area contributed by atoms with Crippen molar-refractivity contribution in [3.05, 3.63) is 29.8 Å². The number of hydrogen-bond donors (Lipinski definition) is 1. The fourth-order valence-corrected chi connectivity index (χ4v) is 1.77. The molecule has 5 nitrogen and oxygen atoms in total. The molecule has 1 unspecified atom stereocenters. The van der Waals surface area contributed by atoms with Crippen molar-refractivity contribution in [1.29, 1.82) is 0 Å². The van der Waals surface area contributed by atoms with Gasteiger partial charge in [-0.3, -0.25) is 9.59 Å². The lowest BCUT2D eigenvalue weighted by Gasteiger charge is -2.12. The molecule has 1 amide bonds. The lowest BCUT2D eigenvalue weighted by Crippen LogP contribution is -2.34. The highest BCUT2D eigenvalue weighted by molar-refractivity contribution is 9.10. The molecule has 0 heterocycles. The third kappa shape index (κ3) is 4.55. The van der Waals surface area contributed by atoms with E-state index in [4.69, 9.17) is 4.74 Å². The van der Waals surface area contributed by atoms with Crippen LogP contribution in [-0.4, -0.2) is 37.0 Å². The summed E-state index contributed by atoms with van der Waals surface area (Å²) < 4.78 is 9.92. The van der Waals surface area contributed by atoms with Crippen LogP contribution < -0.4 is 10.1 Å². The van der Waals surface area contributed by atoms with Crippen LogP contribution in [0.25, 0.3) is 0 Å². The van der Waals surface area contributed by atoms with Gasteiger partial charge < -0.3 is 14.8 Å². The minimum Gasteiger partial charge on any atom is -0.493 e. The van der Waals surface area contributed by atoms with Gasteiger partial charge in [0.2, 0.25) is 0 Å². The van der Waals surface area contributed by atoms with Gasteiger partial charge in [0.1, 0.15) is 10.6 Å². The van der Waals surface area contributed by atoms with Gasteiger partial charge in [0.05, 0.1) is 19.3 Å². The number of benzene rings is 1. The summed E-state index contributed by atoms with van der Waals surface area (Å²) >= 11 is 3.13. The SMILES string of the molecule is CCOc1ccccc1C(=O)NCC(Br)C(=O)OC. The summed E-state index contributed by atoms with van der Waals surface area (Å²) in [7, 11) is 1.29. The van der Waals surface area contributed by atoms with Crippen molar-refractivity contribution in [3.63, 3.8) is 0 Å². The number of carbonyl (C=O) groups excluding carboxylic acids is 2. The summed E-state index contributed by atoms with van der Waals surface area (Å²) in [5, 5.41) is 2.65. The monoisotopic (exact) mass is 329 g/mol. The predicted octanol–water partition coefficient (Wildman–Crippen LogP) is 1.75. The number of methoxy groups -OCH3 is 1. The van der Waals surface area contributed by atoms with Crippen molar-refractivity contribution in [2.45, 2.75) is 11.8 Å². The van der Waals surface area contributed by atoms with Crippen molar-refractivity contribution >= 4 is 27.8 Å². The number of halogens is 1.